The second kappa shape index (κ2) is 13.8. The molecular formula is C54H35N3O. The van der Waals surface area contributed by atoms with E-state index in [0.717, 1.165) is 50.1 Å². The molecule has 2 heterocycles. The van der Waals surface area contributed by atoms with Crippen LogP contribution in [0.1, 0.15) is 22.3 Å². The maximum Gasteiger partial charge on any atom is 0.164 e. The van der Waals surface area contributed by atoms with Gasteiger partial charge in [-0.25, -0.2) is 15.0 Å². The van der Waals surface area contributed by atoms with Crippen molar-refractivity contribution in [3.8, 4) is 67.7 Å². The Labute approximate surface area is 336 Å². The molecule has 0 aliphatic heterocycles. The van der Waals surface area contributed by atoms with Gasteiger partial charge in [0.15, 0.2) is 17.5 Å². The van der Waals surface area contributed by atoms with Crippen molar-refractivity contribution in [2.45, 2.75) is 5.41 Å². The number of furan rings is 1. The largest absolute Gasteiger partial charge is 0.456 e. The smallest absolute Gasteiger partial charge is 0.164 e. The second-order valence-corrected chi connectivity index (χ2v) is 14.8. The molecule has 11 rings (SSSR count). The summed E-state index contributed by atoms with van der Waals surface area (Å²) < 4.78 is 6.19. The molecular weight excluding hydrogens is 707 g/mol. The Kier molecular flexibility index (Phi) is 8.00. The number of aromatic nitrogens is 3. The Bertz CT molecular complexity index is 3010. The van der Waals surface area contributed by atoms with Gasteiger partial charge in [0.05, 0.1) is 5.41 Å². The van der Waals surface area contributed by atoms with Crippen LogP contribution in [0.25, 0.3) is 78.7 Å². The normalized spacial score (nSPS) is 12.6. The number of rotatable bonds is 7. The van der Waals surface area contributed by atoms with Crippen LogP contribution < -0.4 is 0 Å². The quantitative estimate of drug-likeness (QED) is 0.163. The molecule has 1 aliphatic rings. The molecule has 10 aromatic rings. The van der Waals surface area contributed by atoms with E-state index in [0.29, 0.717) is 17.5 Å². The predicted octanol–water partition coefficient (Wildman–Crippen LogP) is 13.3. The lowest BCUT2D eigenvalue weighted by molar-refractivity contribution is 0.631. The number of benzene rings is 8. The van der Waals surface area contributed by atoms with Crippen molar-refractivity contribution >= 4 is 11.0 Å². The molecule has 58 heavy (non-hydrogen) atoms. The molecule has 0 radical (unpaired) electrons. The lowest BCUT2D eigenvalue weighted by Gasteiger charge is -2.34. The highest BCUT2D eigenvalue weighted by atomic mass is 16.3. The van der Waals surface area contributed by atoms with Gasteiger partial charge in [-0.05, 0) is 62.7 Å². The summed E-state index contributed by atoms with van der Waals surface area (Å²) in [6.07, 6.45) is 0. The highest BCUT2D eigenvalue weighted by Gasteiger charge is 2.46. The van der Waals surface area contributed by atoms with Crippen molar-refractivity contribution in [2.75, 3.05) is 0 Å². The van der Waals surface area contributed by atoms with Crippen LogP contribution in [-0.4, -0.2) is 15.0 Å². The van der Waals surface area contributed by atoms with Crippen LogP contribution in [0, 0.1) is 0 Å². The van der Waals surface area contributed by atoms with Gasteiger partial charge in [0.25, 0.3) is 0 Å². The third-order valence-corrected chi connectivity index (χ3v) is 11.5. The standard InChI is InChI=1S/C54H35N3O/c1-4-14-36(15-5-1)37-24-28-39(29-25-37)51-55-52(40-30-26-38(27-31-40)50-35-41-16-10-13-23-49(41)58-50)57-53(56-51)42-32-33-46-45-21-11-12-22-47(45)54(48(46)34-42,43-17-6-2-7-18-43)44-19-8-3-9-20-44/h1-35H. The van der Waals surface area contributed by atoms with Crippen LogP contribution in [0.15, 0.2) is 217 Å². The summed E-state index contributed by atoms with van der Waals surface area (Å²) in [4.78, 5) is 15.6. The van der Waals surface area contributed by atoms with Crippen molar-refractivity contribution in [2.24, 2.45) is 0 Å². The minimum atomic E-state index is -0.539. The van der Waals surface area contributed by atoms with E-state index >= 15 is 0 Å². The number of nitrogens with zero attached hydrogens (tertiary/aromatic N) is 3. The summed E-state index contributed by atoms with van der Waals surface area (Å²) in [5.74, 6) is 2.65. The van der Waals surface area contributed by atoms with Crippen molar-refractivity contribution < 1.29 is 4.42 Å². The Morgan fingerprint density at radius 2 is 0.793 bits per heavy atom. The minimum absolute atomic E-state index is 0.539. The number of para-hydroxylation sites is 1. The van der Waals surface area contributed by atoms with Crippen molar-refractivity contribution in [1.29, 1.82) is 0 Å². The Balaban J connectivity index is 1.08. The monoisotopic (exact) mass is 741 g/mol. The van der Waals surface area contributed by atoms with Gasteiger partial charge in [0.1, 0.15) is 11.3 Å². The Morgan fingerprint density at radius 1 is 0.328 bits per heavy atom. The third kappa shape index (κ3) is 5.57. The van der Waals surface area contributed by atoms with Gasteiger partial charge in [-0.3, -0.25) is 0 Å². The fourth-order valence-corrected chi connectivity index (χ4v) is 8.70. The number of fused-ring (bicyclic) bond motifs is 4. The first-order valence-electron chi connectivity index (χ1n) is 19.6. The van der Waals surface area contributed by atoms with Crippen molar-refractivity contribution in [1.82, 2.24) is 15.0 Å². The number of hydrogen-bond donors (Lipinski definition) is 0. The molecule has 0 unspecified atom stereocenters. The van der Waals surface area contributed by atoms with Gasteiger partial charge >= 0.3 is 0 Å². The fourth-order valence-electron chi connectivity index (χ4n) is 8.70. The fraction of sp³-hybridized carbons (Fsp3) is 0.0185. The van der Waals surface area contributed by atoms with E-state index in [2.05, 4.69) is 188 Å². The molecule has 0 fully saturated rings. The van der Waals surface area contributed by atoms with Gasteiger partial charge in [0, 0.05) is 27.6 Å². The first-order valence-corrected chi connectivity index (χ1v) is 19.6. The van der Waals surface area contributed by atoms with Crippen LogP contribution >= 0.6 is 0 Å². The summed E-state index contributed by atoms with van der Waals surface area (Å²) in [6, 6.07) is 74.6. The first kappa shape index (κ1) is 33.6. The molecule has 272 valence electrons. The summed E-state index contributed by atoms with van der Waals surface area (Å²) in [5, 5.41) is 1.08. The average molecular weight is 742 g/mol. The van der Waals surface area contributed by atoms with E-state index in [-0.39, 0.29) is 0 Å². The molecule has 0 saturated heterocycles. The summed E-state index contributed by atoms with van der Waals surface area (Å²) >= 11 is 0. The maximum absolute atomic E-state index is 6.19. The molecule has 2 aromatic heterocycles. The van der Waals surface area contributed by atoms with Crippen LogP contribution in [0.4, 0.5) is 0 Å². The minimum Gasteiger partial charge on any atom is -0.456 e. The highest BCUT2D eigenvalue weighted by Crippen LogP contribution is 2.56. The van der Waals surface area contributed by atoms with E-state index < -0.39 is 5.41 Å². The van der Waals surface area contributed by atoms with E-state index in [1.54, 1.807) is 0 Å². The summed E-state index contributed by atoms with van der Waals surface area (Å²) in [5.41, 5.74) is 13.7. The van der Waals surface area contributed by atoms with Gasteiger partial charge in [-0.1, -0.05) is 194 Å². The Morgan fingerprint density at radius 3 is 1.43 bits per heavy atom. The molecule has 0 spiro atoms. The summed E-state index contributed by atoms with van der Waals surface area (Å²) in [7, 11) is 0. The molecule has 0 bridgehead atoms. The summed E-state index contributed by atoms with van der Waals surface area (Å²) in [6.45, 7) is 0. The van der Waals surface area contributed by atoms with Crippen LogP contribution in [0.5, 0.6) is 0 Å². The van der Waals surface area contributed by atoms with Crippen molar-refractivity contribution in [3.63, 3.8) is 0 Å². The molecule has 0 atom stereocenters. The maximum atomic E-state index is 6.19. The topological polar surface area (TPSA) is 51.8 Å². The van der Waals surface area contributed by atoms with Gasteiger partial charge in [0.2, 0.25) is 0 Å². The zero-order valence-corrected chi connectivity index (χ0v) is 31.5. The third-order valence-electron chi connectivity index (χ3n) is 11.5. The number of hydrogen-bond acceptors (Lipinski definition) is 4. The van der Waals surface area contributed by atoms with Crippen LogP contribution in [0.3, 0.4) is 0 Å². The highest BCUT2D eigenvalue weighted by molar-refractivity contribution is 5.88. The lowest BCUT2D eigenvalue weighted by Crippen LogP contribution is -2.28. The van der Waals surface area contributed by atoms with E-state index in [9.17, 15) is 0 Å². The van der Waals surface area contributed by atoms with E-state index in [1.165, 1.54) is 33.4 Å². The predicted molar refractivity (Wildman–Crippen MR) is 234 cm³/mol. The van der Waals surface area contributed by atoms with Crippen LogP contribution in [0.2, 0.25) is 0 Å². The van der Waals surface area contributed by atoms with Gasteiger partial charge < -0.3 is 4.42 Å². The molecule has 4 heteroatoms. The lowest BCUT2D eigenvalue weighted by atomic mass is 9.67. The zero-order chi connectivity index (χ0) is 38.5. The van der Waals surface area contributed by atoms with E-state index in [4.69, 9.17) is 19.4 Å². The Hall–Kier alpha value is -7.69. The van der Waals surface area contributed by atoms with Crippen molar-refractivity contribution in [3.05, 3.63) is 235 Å². The zero-order valence-electron chi connectivity index (χ0n) is 31.5. The molecule has 8 aromatic carbocycles. The first-order chi connectivity index (χ1) is 28.7. The molecule has 0 amide bonds. The molecule has 0 saturated carbocycles. The molecule has 0 N–H and O–H groups in total. The molecule has 1 aliphatic carbocycles. The SMILES string of the molecule is c1ccc(-c2ccc(-c3nc(-c4ccc(-c5cc6ccccc6o5)cc4)nc(-c4ccc5c(c4)C(c4ccccc4)(c4ccccc4)c4ccccc4-5)n3)cc2)cc1. The van der Waals surface area contributed by atoms with Crippen LogP contribution in [-0.2, 0) is 5.41 Å². The molecule has 4 nitrogen and oxygen atoms in total. The van der Waals surface area contributed by atoms with Gasteiger partial charge in [-0.2, -0.15) is 0 Å². The average Bonchev–Trinajstić information content (AvgIpc) is 3.88. The van der Waals surface area contributed by atoms with Gasteiger partial charge in [-0.15, -0.1) is 0 Å². The second-order valence-electron chi connectivity index (χ2n) is 14.8. The van der Waals surface area contributed by atoms with E-state index in [1.807, 2.05) is 24.3 Å².